The van der Waals surface area contributed by atoms with Crippen LogP contribution in [0.15, 0.2) is 35.7 Å². The van der Waals surface area contributed by atoms with E-state index in [0.29, 0.717) is 11.3 Å². The van der Waals surface area contributed by atoms with E-state index in [9.17, 15) is 4.79 Å². The summed E-state index contributed by atoms with van der Waals surface area (Å²) in [6.45, 7) is 1.55. The summed E-state index contributed by atoms with van der Waals surface area (Å²) in [5.41, 5.74) is 1.77. The van der Waals surface area contributed by atoms with Gasteiger partial charge in [0.25, 0.3) is 0 Å². The summed E-state index contributed by atoms with van der Waals surface area (Å²) < 4.78 is 5.30. The van der Waals surface area contributed by atoms with Gasteiger partial charge in [-0.3, -0.25) is 4.79 Å². The highest BCUT2D eigenvalue weighted by Gasteiger charge is 2.13. The highest BCUT2D eigenvalue weighted by Crippen LogP contribution is 2.32. The molecule has 1 aromatic carbocycles. The molecule has 0 amide bonds. The van der Waals surface area contributed by atoms with Crippen LogP contribution in [0, 0.1) is 0 Å². The van der Waals surface area contributed by atoms with E-state index >= 15 is 0 Å². The van der Waals surface area contributed by atoms with Crippen molar-refractivity contribution in [1.29, 1.82) is 0 Å². The number of benzene rings is 1. The van der Waals surface area contributed by atoms with E-state index in [1.807, 2.05) is 47.9 Å². The molecule has 0 spiro atoms. The van der Waals surface area contributed by atoms with E-state index in [1.54, 1.807) is 14.0 Å². The lowest BCUT2D eigenvalue weighted by Gasteiger charge is -2.00. The molecule has 2 rings (SSSR count). The third-order valence-corrected chi connectivity index (χ3v) is 3.51. The third-order valence-electron chi connectivity index (χ3n) is 2.58. The Morgan fingerprint density at radius 2 is 1.94 bits per heavy atom. The van der Waals surface area contributed by atoms with Gasteiger partial charge in [-0.25, -0.2) is 0 Å². The third kappa shape index (κ3) is 2.68. The molecule has 0 radical (unpaired) electrons. The molecule has 0 atom stereocenters. The van der Waals surface area contributed by atoms with Crippen molar-refractivity contribution in [2.24, 2.45) is 0 Å². The average molecular weight is 258 g/mol. The highest BCUT2D eigenvalue weighted by atomic mass is 32.1. The Hall–Kier alpha value is -1.87. The van der Waals surface area contributed by atoms with Gasteiger partial charge >= 0.3 is 0 Å². The van der Waals surface area contributed by atoms with Crippen LogP contribution in [-0.4, -0.2) is 12.9 Å². The Kier molecular flexibility index (Phi) is 3.95. The molecular formula is C15H14O2S. The van der Waals surface area contributed by atoms with Crippen LogP contribution in [0.4, 0.5) is 0 Å². The molecule has 92 valence electrons. The van der Waals surface area contributed by atoms with Gasteiger partial charge in [-0.15, -0.1) is 11.3 Å². The van der Waals surface area contributed by atoms with Gasteiger partial charge in [0.1, 0.15) is 5.75 Å². The molecule has 0 saturated carbocycles. The number of Topliss-reactive ketones (excluding diaryl/α,β-unsaturated/α-hetero) is 1. The fraction of sp³-hybridized carbons (Fsp3) is 0.133. The first kappa shape index (κ1) is 12.6. The van der Waals surface area contributed by atoms with Crippen molar-refractivity contribution in [3.8, 4) is 5.75 Å². The fourth-order valence-electron chi connectivity index (χ4n) is 1.67. The molecule has 0 unspecified atom stereocenters. The molecule has 3 heteroatoms. The van der Waals surface area contributed by atoms with Crippen LogP contribution in [0.2, 0.25) is 0 Å². The minimum absolute atomic E-state index is 0.0301. The molecule has 1 aromatic heterocycles. The topological polar surface area (TPSA) is 26.3 Å². The standard InChI is InChI=1S/C15H14O2S/c1-11(16)13-10-18-14(15(13)17-2)9-8-12-6-4-3-5-7-12/h3-10H,1-2H3/b9-8+. The first-order valence-corrected chi connectivity index (χ1v) is 6.50. The van der Waals surface area contributed by atoms with Crippen LogP contribution < -0.4 is 4.74 Å². The Morgan fingerprint density at radius 3 is 2.56 bits per heavy atom. The first-order valence-electron chi connectivity index (χ1n) is 5.62. The minimum Gasteiger partial charge on any atom is -0.494 e. The van der Waals surface area contributed by atoms with E-state index in [-0.39, 0.29) is 5.78 Å². The lowest BCUT2D eigenvalue weighted by Crippen LogP contribution is -1.93. The smallest absolute Gasteiger partial charge is 0.164 e. The fourth-order valence-corrected chi connectivity index (χ4v) is 2.63. The largest absolute Gasteiger partial charge is 0.494 e. The normalized spacial score (nSPS) is 10.8. The quantitative estimate of drug-likeness (QED) is 0.771. The maximum absolute atomic E-state index is 11.4. The maximum Gasteiger partial charge on any atom is 0.164 e. The van der Waals surface area contributed by atoms with Gasteiger partial charge < -0.3 is 4.74 Å². The Morgan fingerprint density at radius 1 is 1.22 bits per heavy atom. The molecular weight excluding hydrogens is 244 g/mol. The van der Waals surface area contributed by atoms with Crippen molar-refractivity contribution in [3.63, 3.8) is 0 Å². The van der Waals surface area contributed by atoms with Gasteiger partial charge in [0, 0.05) is 5.38 Å². The summed E-state index contributed by atoms with van der Waals surface area (Å²) in [5.74, 6) is 0.696. The van der Waals surface area contributed by atoms with Crippen LogP contribution in [0.25, 0.3) is 12.2 Å². The number of hydrogen-bond acceptors (Lipinski definition) is 3. The number of carbonyl (C=O) groups is 1. The molecule has 0 saturated heterocycles. The summed E-state index contributed by atoms with van der Waals surface area (Å²) in [6, 6.07) is 10.0. The number of hydrogen-bond donors (Lipinski definition) is 0. The second kappa shape index (κ2) is 5.65. The molecule has 0 aliphatic carbocycles. The average Bonchev–Trinajstić information content (AvgIpc) is 2.80. The monoisotopic (exact) mass is 258 g/mol. The van der Waals surface area contributed by atoms with Crippen LogP contribution in [0.5, 0.6) is 5.75 Å². The Balaban J connectivity index is 2.30. The minimum atomic E-state index is 0.0301. The molecule has 0 bridgehead atoms. The zero-order chi connectivity index (χ0) is 13.0. The number of rotatable bonds is 4. The Bertz CT molecular complexity index is 567. The number of methoxy groups -OCH3 is 1. The van der Waals surface area contributed by atoms with Gasteiger partial charge in [-0.1, -0.05) is 36.4 Å². The van der Waals surface area contributed by atoms with Crippen molar-refractivity contribution < 1.29 is 9.53 Å². The second-order valence-corrected chi connectivity index (χ2v) is 4.76. The lowest BCUT2D eigenvalue weighted by molar-refractivity contribution is 0.101. The van der Waals surface area contributed by atoms with Crippen molar-refractivity contribution in [3.05, 3.63) is 51.7 Å². The number of thiophene rings is 1. The number of ether oxygens (including phenoxy) is 1. The van der Waals surface area contributed by atoms with Crippen LogP contribution in [0.3, 0.4) is 0 Å². The predicted molar refractivity (Wildman–Crippen MR) is 76.2 cm³/mol. The number of ketones is 1. The van der Waals surface area contributed by atoms with Crippen molar-refractivity contribution in [1.82, 2.24) is 0 Å². The first-order chi connectivity index (χ1) is 8.72. The van der Waals surface area contributed by atoms with Crippen molar-refractivity contribution in [2.45, 2.75) is 6.92 Å². The van der Waals surface area contributed by atoms with Crippen LogP contribution >= 0.6 is 11.3 Å². The zero-order valence-electron chi connectivity index (χ0n) is 10.3. The van der Waals surface area contributed by atoms with Crippen LogP contribution in [0.1, 0.15) is 27.7 Å². The zero-order valence-corrected chi connectivity index (χ0v) is 11.2. The summed E-state index contributed by atoms with van der Waals surface area (Å²) >= 11 is 1.52. The SMILES string of the molecule is COc1c(C(C)=O)csc1/C=C/c1ccccc1. The van der Waals surface area contributed by atoms with Gasteiger partial charge in [0.15, 0.2) is 5.78 Å². The molecule has 2 nitrogen and oxygen atoms in total. The molecule has 2 aromatic rings. The maximum atomic E-state index is 11.4. The van der Waals surface area contributed by atoms with E-state index in [1.165, 1.54) is 11.3 Å². The van der Waals surface area contributed by atoms with Crippen LogP contribution in [-0.2, 0) is 0 Å². The predicted octanol–water partition coefficient (Wildman–Crippen LogP) is 4.13. The van der Waals surface area contributed by atoms with Crippen molar-refractivity contribution >= 4 is 29.3 Å². The summed E-state index contributed by atoms with van der Waals surface area (Å²) in [7, 11) is 1.59. The molecule has 18 heavy (non-hydrogen) atoms. The van der Waals surface area contributed by atoms with Crippen molar-refractivity contribution in [2.75, 3.05) is 7.11 Å². The summed E-state index contributed by atoms with van der Waals surface area (Å²) in [5, 5.41) is 1.84. The van der Waals surface area contributed by atoms with Gasteiger partial charge in [0.2, 0.25) is 0 Å². The summed E-state index contributed by atoms with van der Waals surface area (Å²) in [4.78, 5) is 12.4. The molecule has 0 fully saturated rings. The molecule has 0 aliphatic heterocycles. The van der Waals surface area contributed by atoms with Gasteiger partial charge in [-0.2, -0.15) is 0 Å². The Labute approximate surface area is 111 Å². The number of carbonyl (C=O) groups excluding carboxylic acids is 1. The molecule has 0 aliphatic rings. The molecule has 1 heterocycles. The van der Waals surface area contributed by atoms with Gasteiger partial charge in [-0.05, 0) is 18.6 Å². The van der Waals surface area contributed by atoms with Gasteiger partial charge in [0.05, 0.1) is 17.6 Å². The summed E-state index contributed by atoms with van der Waals surface area (Å²) in [6.07, 6.45) is 3.99. The second-order valence-electron chi connectivity index (χ2n) is 3.85. The lowest BCUT2D eigenvalue weighted by atomic mass is 10.2. The van der Waals surface area contributed by atoms with E-state index in [0.717, 1.165) is 10.4 Å². The molecule has 0 N–H and O–H groups in total. The van der Waals surface area contributed by atoms with E-state index in [4.69, 9.17) is 4.74 Å². The van der Waals surface area contributed by atoms with E-state index in [2.05, 4.69) is 0 Å². The van der Waals surface area contributed by atoms with E-state index < -0.39 is 0 Å². The highest BCUT2D eigenvalue weighted by molar-refractivity contribution is 7.11.